The molecule has 0 saturated carbocycles. The average Bonchev–Trinajstić information content (AvgIpc) is 2.57. The summed E-state index contributed by atoms with van der Waals surface area (Å²) >= 11 is 0. The minimum absolute atomic E-state index is 0.111. The normalized spacial score (nSPS) is 11.4. The zero-order valence-corrected chi connectivity index (χ0v) is 13.7. The van der Waals surface area contributed by atoms with Gasteiger partial charge in [0.2, 0.25) is 5.95 Å². The van der Waals surface area contributed by atoms with Crippen LogP contribution in [0.25, 0.3) is 0 Å². The minimum atomic E-state index is -0.870. The van der Waals surface area contributed by atoms with E-state index in [2.05, 4.69) is 20.6 Å². The molecule has 2 rings (SSSR count). The molecule has 1 atom stereocenters. The summed E-state index contributed by atoms with van der Waals surface area (Å²) in [6.07, 6.45) is 2.45. The monoisotopic (exact) mass is 328 g/mol. The van der Waals surface area contributed by atoms with E-state index in [1.165, 1.54) is 0 Å². The molecule has 0 fully saturated rings. The van der Waals surface area contributed by atoms with E-state index < -0.39 is 12.1 Å². The summed E-state index contributed by atoms with van der Waals surface area (Å²) in [5.74, 6) is -0.390. The third-order valence-corrected chi connectivity index (χ3v) is 3.26. The van der Waals surface area contributed by atoms with Crippen molar-refractivity contribution in [3.63, 3.8) is 0 Å². The number of para-hydroxylation sites is 1. The molecule has 1 unspecified atom stereocenters. The Kier molecular flexibility index (Phi) is 6.24. The number of hydrogen-bond donors (Lipinski definition) is 2. The molecule has 0 spiro atoms. The number of anilines is 2. The van der Waals surface area contributed by atoms with Crippen LogP contribution in [0.1, 0.15) is 18.9 Å². The Hall–Kier alpha value is -2.96. The van der Waals surface area contributed by atoms with Crippen molar-refractivity contribution in [2.75, 3.05) is 17.2 Å². The van der Waals surface area contributed by atoms with Crippen molar-refractivity contribution in [1.82, 2.24) is 9.97 Å². The maximum absolute atomic E-state index is 12.1. The summed E-state index contributed by atoms with van der Waals surface area (Å²) in [5, 5.41) is 5.65. The van der Waals surface area contributed by atoms with Gasteiger partial charge in [0.05, 0.1) is 6.42 Å². The molecule has 0 aliphatic heterocycles. The predicted octanol–water partition coefficient (Wildman–Crippen LogP) is 2.16. The van der Waals surface area contributed by atoms with E-state index in [1.807, 2.05) is 25.1 Å². The SMILES string of the molecule is Cc1ccccc1NC(=O)C(C)OC(=O)CCNc1ncccn1. The quantitative estimate of drug-likeness (QED) is 0.757. The summed E-state index contributed by atoms with van der Waals surface area (Å²) < 4.78 is 5.13. The largest absolute Gasteiger partial charge is 0.452 e. The molecule has 7 heteroatoms. The molecule has 2 aromatic rings. The highest BCUT2D eigenvalue weighted by molar-refractivity contribution is 5.95. The van der Waals surface area contributed by atoms with Crippen molar-refractivity contribution in [3.05, 3.63) is 48.3 Å². The van der Waals surface area contributed by atoms with Crippen molar-refractivity contribution in [2.24, 2.45) is 0 Å². The van der Waals surface area contributed by atoms with Gasteiger partial charge in [0, 0.05) is 24.6 Å². The molecule has 0 aliphatic rings. The van der Waals surface area contributed by atoms with Gasteiger partial charge in [-0.1, -0.05) is 18.2 Å². The number of nitrogens with zero attached hydrogens (tertiary/aromatic N) is 2. The van der Waals surface area contributed by atoms with E-state index in [9.17, 15) is 9.59 Å². The molecule has 0 bridgehead atoms. The van der Waals surface area contributed by atoms with Gasteiger partial charge in [0.1, 0.15) is 0 Å². The second kappa shape index (κ2) is 8.61. The number of amides is 1. The lowest BCUT2D eigenvalue weighted by atomic mass is 10.2. The highest BCUT2D eigenvalue weighted by Crippen LogP contribution is 2.13. The molecule has 0 radical (unpaired) electrons. The van der Waals surface area contributed by atoms with Gasteiger partial charge in [-0.25, -0.2) is 9.97 Å². The van der Waals surface area contributed by atoms with Crippen LogP contribution in [0.15, 0.2) is 42.7 Å². The molecular formula is C17H20N4O3. The first kappa shape index (κ1) is 17.4. The molecule has 1 amide bonds. The molecule has 0 aliphatic carbocycles. The summed E-state index contributed by atoms with van der Waals surface area (Å²) in [7, 11) is 0. The average molecular weight is 328 g/mol. The van der Waals surface area contributed by atoms with Crippen molar-refractivity contribution in [3.8, 4) is 0 Å². The summed E-state index contributed by atoms with van der Waals surface area (Å²) in [6.45, 7) is 3.76. The molecule has 1 aromatic carbocycles. The van der Waals surface area contributed by atoms with Crippen LogP contribution in [0.2, 0.25) is 0 Å². The number of rotatable bonds is 7. The zero-order chi connectivity index (χ0) is 17.4. The van der Waals surface area contributed by atoms with Crippen molar-refractivity contribution in [1.29, 1.82) is 0 Å². The first-order valence-corrected chi connectivity index (χ1v) is 7.63. The summed E-state index contributed by atoms with van der Waals surface area (Å²) in [6, 6.07) is 9.11. The van der Waals surface area contributed by atoms with Gasteiger partial charge in [-0.2, -0.15) is 0 Å². The Labute approximate surface area is 140 Å². The molecule has 24 heavy (non-hydrogen) atoms. The van der Waals surface area contributed by atoms with E-state index in [-0.39, 0.29) is 12.3 Å². The molecular weight excluding hydrogens is 308 g/mol. The Morgan fingerprint density at radius 1 is 1.17 bits per heavy atom. The van der Waals surface area contributed by atoms with Crippen LogP contribution in [-0.4, -0.2) is 34.5 Å². The minimum Gasteiger partial charge on any atom is -0.452 e. The van der Waals surface area contributed by atoms with Gasteiger partial charge < -0.3 is 15.4 Å². The van der Waals surface area contributed by atoms with Crippen molar-refractivity contribution >= 4 is 23.5 Å². The van der Waals surface area contributed by atoms with E-state index in [4.69, 9.17) is 4.74 Å². The lowest BCUT2D eigenvalue weighted by Gasteiger charge is -2.14. The Morgan fingerprint density at radius 2 is 1.88 bits per heavy atom. The Morgan fingerprint density at radius 3 is 2.58 bits per heavy atom. The number of ether oxygens (including phenoxy) is 1. The van der Waals surface area contributed by atoms with E-state index in [0.717, 1.165) is 5.56 Å². The summed E-state index contributed by atoms with van der Waals surface area (Å²) in [4.78, 5) is 31.8. The smallest absolute Gasteiger partial charge is 0.308 e. The van der Waals surface area contributed by atoms with E-state index >= 15 is 0 Å². The molecule has 1 aromatic heterocycles. The van der Waals surface area contributed by atoms with Crippen LogP contribution in [0.5, 0.6) is 0 Å². The van der Waals surface area contributed by atoms with Gasteiger partial charge >= 0.3 is 5.97 Å². The number of esters is 1. The van der Waals surface area contributed by atoms with Crippen molar-refractivity contribution < 1.29 is 14.3 Å². The van der Waals surface area contributed by atoms with Gasteiger partial charge in [-0.3, -0.25) is 9.59 Å². The molecule has 1 heterocycles. The fourth-order valence-electron chi connectivity index (χ4n) is 1.92. The van der Waals surface area contributed by atoms with Crippen molar-refractivity contribution in [2.45, 2.75) is 26.4 Å². The molecule has 126 valence electrons. The van der Waals surface area contributed by atoms with E-state index in [1.54, 1.807) is 31.5 Å². The second-order valence-electron chi connectivity index (χ2n) is 5.19. The molecule has 7 nitrogen and oxygen atoms in total. The van der Waals surface area contributed by atoms with Crippen LogP contribution in [0, 0.1) is 6.92 Å². The fraction of sp³-hybridized carbons (Fsp3) is 0.294. The van der Waals surface area contributed by atoms with Gasteiger partial charge in [-0.05, 0) is 31.5 Å². The van der Waals surface area contributed by atoms with Gasteiger partial charge in [0.25, 0.3) is 5.91 Å². The standard InChI is InChI=1S/C17H20N4O3/c1-12-6-3-4-7-14(12)21-16(23)13(2)24-15(22)8-11-20-17-18-9-5-10-19-17/h3-7,9-10,13H,8,11H2,1-2H3,(H,21,23)(H,18,19,20). The van der Waals surface area contributed by atoms with E-state index in [0.29, 0.717) is 18.2 Å². The highest BCUT2D eigenvalue weighted by Gasteiger charge is 2.18. The van der Waals surface area contributed by atoms with Crippen LogP contribution in [0.3, 0.4) is 0 Å². The fourth-order valence-corrected chi connectivity index (χ4v) is 1.92. The third kappa shape index (κ3) is 5.35. The predicted molar refractivity (Wildman–Crippen MR) is 90.5 cm³/mol. The topological polar surface area (TPSA) is 93.2 Å². The Bertz CT molecular complexity index is 691. The highest BCUT2D eigenvalue weighted by atomic mass is 16.5. The Balaban J connectivity index is 1.74. The summed E-state index contributed by atoms with van der Waals surface area (Å²) in [5.41, 5.74) is 1.64. The van der Waals surface area contributed by atoms with Gasteiger partial charge in [0.15, 0.2) is 6.10 Å². The zero-order valence-electron chi connectivity index (χ0n) is 13.7. The number of carbonyl (C=O) groups excluding carboxylic acids is 2. The number of aromatic nitrogens is 2. The first-order valence-electron chi connectivity index (χ1n) is 7.63. The lowest BCUT2D eigenvalue weighted by Crippen LogP contribution is -2.30. The maximum Gasteiger partial charge on any atom is 0.308 e. The van der Waals surface area contributed by atoms with Crippen LogP contribution in [-0.2, 0) is 14.3 Å². The maximum atomic E-state index is 12.1. The van der Waals surface area contributed by atoms with Crippen LogP contribution < -0.4 is 10.6 Å². The number of hydrogen-bond acceptors (Lipinski definition) is 6. The number of aryl methyl sites for hydroxylation is 1. The number of benzene rings is 1. The number of carbonyl (C=O) groups is 2. The lowest BCUT2D eigenvalue weighted by molar-refractivity contribution is -0.152. The second-order valence-corrected chi connectivity index (χ2v) is 5.19. The number of nitrogens with one attached hydrogen (secondary N) is 2. The van der Waals surface area contributed by atoms with Crippen LogP contribution >= 0.6 is 0 Å². The van der Waals surface area contributed by atoms with Gasteiger partial charge in [-0.15, -0.1) is 0 Å². The third-order valence-electron chi connectivity index (χ3n) is 3.26. The first-order chi connectivity index (χ1) is 11.6. The molecule has 0 saturated heterocycles. The molecule has 2 N–H and O–H groups in total. The van der Waals surface area contributed by atoms with Crippen LogP contribution in [0.4, 0.5) is 11.6 Å².